The first-order chi connectivity index (χ1) is 9.15. The molecule has 5 heteroatoms. The summed E-state index contributed by atoms with van der Waals surface area (Å²) in [4.78, 5) is 15.2. The summed E-state index contributed by atoms with van der Waals surface area (Å²) in [6, 6.07) is 0. The third-order valence-electron chi connectivity index (χ3n) is 4.53. The number of hydrogen-bond donors (Lipinski definition) is 2. The predicted octanol–water partition coefficient (Wildman–Crippen LogP) is 1.43. The number of nitrogens with two attached hydrogens (primary N) is 1. The summed E-state index contributed by atoms with van der Waals surface area (Å²) >= 11 is 5.17. The minimum absolute atomic E-state index is 0.0545. The summed E-state index contributed by atoms with van der Waals surface area (Å²) in [5.41, 5.74) is 5.29. The van der Waals surface area contributed by atoms with Crippen LogP contribution in [-0.4, -0.2) is 42.0 Å². The molecule has 1 saturated heterocycles. The SMILES string of the molecule is NC(=S)C1(C(=O)NCCN2CCCC2)CCCCC1. The molecule has 0 unspecified atom stereocenters. The number of thiocarbonyl (C=S) groups is 1. The Labute approximate surface area is 121 Å². The zero-order valence-electron chi connectivity index (χ0n) is 11.6. The van der Waals surface area contributed by atoms with Gasteiger partial charge in [-0.15, -0.1) is 0 Å². The monoisotopic (exact) mass is 283 g/mol. The zero-order valence-corrected chi connectivity index (χ0v) is 12.4. The van der Waals surface area contributed by atoms with Gasteiger partial charge in [0.25, 0.3) is 0 Å². The Morgan fingerprint density at radius 2 is 1.79 bits per heavy atom. The first-order valence-corrected chi connectivity index (χ1v) is 7.86. The number of nitrogens with zero attached hydrogens (tertiary/aromatic N) is 1. The molecule has 0 aromatic heterocycles. The highest BCUT2D eigenvalue weighted by Crippen LogP contribution is 2.36. The van der Waals surface area contributed by atoms with Gasteiger partial charge in [-0.2, -0.15) is 0 Å². The molecule has 1 amide bonds. The first kappa shape index (κ1) is 14.7. The molecule has 1 aliphatic heterocycles. The molecule has 108 valence electrons. The van der Waals surface area contributed by atoms with Gasteiger partial charge in [-0.05, 0) is 38.8 Å². The average Bonchev–Trinajstić information content (AvgIpc) is 2.92. The molecule has 1 heterocycles. The van der Waals surface area contributed by atoms with Crippen molar-refractivity contribution < 1.29 is 4.79 Å². The normalized spacial score (nSPS) is 23.2. The molecular formula is C14H25N3OS. The summed E-state index contributed by atoms with van der Waals surface area (Å²) in [5.74, 6) is 0.0545. The lowest BCUT2D eigenvalue weighted by atomic mass is 9.73. The van der Waals surface area contributed by atoms with E-state index in [1.807, 2.05) is 0 Å². The van der Waals surface area contributed by atoms with E-state index in [2.05, 4.69) is 10.2 Å². The van der Waals surface area contributed by atoms with E-state index in [-0.39, 0.29) is 5.91 Å². The molecule has 2 rings (SSSR count). The molecule has 0 radical (unpaired) electrons. The van der Waals surface area contributed by atoms with Gasteiger partial charge >= 0.3 is 0 Å². The fraction of sp³-hybridized carbons (Fsp3) is 0.857. The van der Waals surface area contributed by atoms with Crippen LogP contribution in [0.25, 0.3) is 0 Å². The molecule has 2 fully saturated rings. The minimum atomic E-state index is -0.571. The smallest absolute Gasteiger partial charge is 0.233 e. The van der Waals surface area contributed by atoms with E-state index in [4.69, 9.17) is 18.0 Å². The molecule has 2 aliphatic rings. The number of carbonyl (C=O) groups excluding carboxylic acids is 1. The molecule has 0 aromatic carbocycles. The summed E-state index contributed by atoms with van der Waals surface area (Å²) in [6.45, 7) is 3.98. The standard InChI is InChI=1S/C14H25N3OS/c15-12(19)14(6-2-1-3-7-14)13(18)16-8-11-17-9-4-5-10-17/h1-11H2,(H2,15,19)(H,16,18). The van der Waals surface area contributed by atoms with Crippen LogP contribution in [0.1, 0.15) is 44.9 Å². The van der Waals surface area contributed by atoms with Gasteiger partial charge in [-0.1, -0.05) is 31.5 Å². The second-order valence-corrected chi connectivity index (χ2v) is 6.25. The Bertz CT molecular complexity index is 334. The third kappa shape index (κ3) is 3.45. The summed E-state index contributed by atoms with van der Waals surface area (Å²) < 4.78 is 0. The van der Waals surface area contributed by atoms with Crippen molar-refractivity contribution in [2.45, 2.75) is 44.9 Å². The Morgan fingerprint density at radius 3 is 2.37 bits per heavy atom. The Kier molecular flexibility index (Phi) is 5.16. The maximum absolute atomic E-state index is 12.4. The van der Waals surface area contributed by atoms with E-state index in [1.54, 1.807) is 0 Å². The van der Waals surface area contributed by atoms with Crippen LogP contribution in [0.2, 0.25) is 0 Å². The molecule has 0 atom stereocenters. The fourth-order valence-electron chi connectivity index (χ4n) is 3.24. The van der Waals surface area contributed by atoms with Gasteiger partial charge in [0.15, 0.2) is 0 Å². The molecule has 0 aromatic rings. The van der Waals surface area contributed by atoms with Crippen molar-refractivity contribution in [3.8, 4) is 0 Å². The summed E-state index contributed by atoms with van der Waals surface area (Å²) in [5, 5.41) is 3.05. The fourth-order valence-corrected chi connectivity index (χ4v) is 3.54. The number of amides is 1. The second kappa shape index (κ2) is 6.66. The highest BCUT2D eigenvalue weighted by Gasteiger charge is 2.42. The summed E-state index contributed by atoms with van der Waals surface area (Å²) in [7, 11) is 0. The van der Waals surface area contributed by atoms with Crippen molar-refractivity contribution >= 4 is 23.1 Å². The van der Waals surface area contributed by atoms with Crippen LogP contribution < -0.4 is 11.1 Å². The minimum Gasteiger partial charge on any atom is -0.392 e. The topological polar surface area (TPSA) is 58.4 Å². The van der Waals surface area contributed by atoms with Crippen LogP contribution in [-0.2, 0) is 4.79 Å². The van der Waals surface area contributed by atoms with Crippen LogP contribution in [0.5, 0.6) is 0 Å². The van der Waals surface area contributed by atoms with Gasteiger partial charge < -0.3 is 16.0 Å². The van der Waals surface area contributed by atoms with Gasteiger partial charge in [0.1, 0.15) is 0 Å². The van der Waals surface area contributed by atoms with Crippen LogP contribution in [0, 0.1) is 5.41 Å². The number of carbonyl (C=O) groups is 1. The lowest BCUT2D eigenvalue weighted by molar-refractivity contribution is -0.128. The number of nitrogens with one attached hydrogen (secondary N) is 1. The van der Waals surface area contributed by atoms with Crippen molar-refractivity contribution in [3.05, 3.63) is 0 Å². The molecule has 3 N–H and O–H groups in total. The van der Waals surface area contributed by atoms with Crippen LogP contribution in [0.15, 0.2) is 0 Å². The van der Waals surface area contributed by atoms with E-state index in [9.17, 15) is 4.79 Å². The van der Waals surface area contributed by atoms with Crippen molar-refractivity contribution in [3.63, 3.8) is 0 Å². The van der Waals surface area contributed by atoms with E-state index in [0.29, 0.717) is 11.5 Å². The Balaban J connectivity index is 1.83. The maximum atomic E-state index is 12.4. The van der Waals surface area contributed by atoms with E-state index in [0.717, 1.165) is 45.3 Å². The summed E-state index contributed by atoms with van der Waals surface area (Å²) in [6.07, 6.45) is 7.49. The van der Waals surface area contributed by atoms with Crippen molar-refractivity contribution in [2.75, 3.05) is 26.2 Å². The second-order valence-electron chi connectivity index (χ2n) is 5.81. The van der Waals surface area contributed by atoms with Crippen molar-refractivity contribution in [1.82, 2.24) is 10.2 Å². The van der Waals surface area contributed by atoms with E-state index < -0.39 is 5.41 Å². The van der Waals surface area contributed by atoms with Crippen LogP contribution in [0.4, 0.5) is 0 Å². The lowest BCUT2D eigenvalue weighted by Gasteiger charge is -2.34. The predicted molar refractivity (Wildman–Crippen MR) is 81.0 cm³/mol. The Morgan fingerprint density at radius 1 is 1.16 bits per heavy atom. The lowest BCUT2D eigenvalue weighted by Crippen LogP contribution is -2.51. The quantitative estimate of drug-likeness (QED) is 0.750. The first-order valence-electron chi connectivity index (χ1n) is 7.46. The highest BCUT2D eigenvalue weighted by molar-refractivity contribution is 7.80. The highest BCUT2D eigenvalue weighted by atomic mass is 32.1. The number of hydrogen-bond acceptors (Lipinski definition) is 3. The van der Waals surface area contributed by atoms with Gasteiger partial charge in [-0.25, -0.2) is 0 Å². The molecular weight excluding hydrogens is 258 g/mol. The van der Waals surface area contributed by atoms with Gasteiger partial charge in [-0.3, -0.25) is 4.79 Å². The van der Waals surface area contributed by atoms with Crippen molar-refractivity contribution in [1.29, 1.82) is 0 Å². The maximum Gasteiger partial charge on any atom is 0.233 e. The number of rotatable bonds is 5. The molecule has 1 saturated carbocycles. The van der Waals surface area contributed by atoms with Crippen molar-refractivity contribution in [2.24, 2.45) is 11.1 Å². The average molecular weight is 283 g/mol. The largest absolute Gasteiger partial charge is 0.392 e. The van der Waals surface area contributed by atoms with Crippen LogP contribution in [0.3, 0.4) is 0 Å². The molecule has 19 heavy (non-hydrogen) atoms. The van der Waals surface area contributed by atoms with E-state index in [1.165, 1.54) is 19.3 Å². The molecule has 0 spiro atoms. The zero-order chi connectivity index (χ0) is 13.7. The number of likely N-dealkylation sites (tertiary alicyclic amines) is 1. The molecule has 1 aliphatic carbocycles. The van der Waals surface area contributed by atoms with Crippen LogP contribution >= 0.6 is 12.2 Å². The van der Waals surface area contributed by atoms with E-state index >= 15 is 0 Å². The van der Waals surface area contributed by atoms with Gasteiger partial charge in [0.2, 0.25) is 5.91 Å². The van der Waals surface area contributed by atoms with Gasteiger partial charge in [0.05, 0.1) is 10.4 Å². The third-order valence-corrected chi connectivity index (χ3v) is 4.92. The van der Waals surface area contributed by atoms with Gasteiger partial charge in [0, 0.05) is 13.1 Å². The Hall–Kier alpha value is -0.680. The molecule has 0 bridgehead atoms. The molecule has 4 nitrogen and oxygen atoms in total.